The van der Waals surface area contributed by atoms with E-state index >= 15 is 0 Å². The third-order valence-electron chi connectivity index (χ3n) is 5.29. The van der Waals surface area contributed by atoms with Crippen molar-refractivity contribution in [3.8, 4) is 0 Å². The lowest BCUT2D eigenvalue weighted by molar-refractivity contribution is 0.0947. The Morgan fingerprint density at radius 3 is 2.89 bits per heavy atom. The predicted molar refractivity (Wildman–Crippen MR) is 103 cm³/mol. The average Bonchev–Trinajstić information content (AvgIpc) is 3.13. The molecule has 0 radical (unpaired) electrons. The van der Waals surface area contributed by atoms with Gasteiger partial charge in [0, 0.05) is 6.54 Å². The lowest BCUT2D eigenvalue weighted by atomic mass is 9.99. The molecule has 3 aromatic rings. The quantitative estimate of drug-likeness (QED) is 0.664. The molecule has 3 heterocycles. The topological polar surface area (TPSA) is 95.4 Å². The van der Waals surface area contributed by atoms with E-state index in [9.17, 15) is 9.59 Å². The molecule has 1 fully saturated rings. The van der Waals surface area contributed by atoms with Crippen molar-refractivity contribution in [3.63, 3.8) is 0 Å². The lowest BCUT2D eigenvalue weighted by Crippen LogP contribution is -2.35. The molecule has 0 bridgehead atoms. The predicted octanol–water partition coefficient (Wildman–Crippen LogP) is 1.42. The fourth-order valence-corrected chi connectivity index (χ4v) is 3.63. The van der Waals surface area contributed by atoms with Gasteiger partial charge in [0.15, 0.2) is 11.2 Å². The molecule has 142 valence electrons. The Morgan fingerprint density at radius 2 is 2.07 bits per heavy atom. The molecule has 1 aromatic carbocycles. The average molecular weight is 368 g/mol. The molecule has 1 saturated heterocycles. The second-order valence-electron chi connectivity index (χ2n) is 7.30. The number of H-pyrrole nitrogens is 1. The van der Waals surface area contributed by atoms with Crippen LogP contribution in [0.25, 0.3) is 16.6 Å². The summed E-state index contributed by atoms with van der Waals surface area (Å²) in [6.45, 7) is 6.09. The van der Waals surface area contributed by atoms with Crippen LogP contribution in [0.3, 0.4) is 0 Å². The highest BCUT2D eigenvalue weighted by molar-refractivity contribution is 5.99. The number of rotatable bonds is 5. The summed E-state index contributed by atoms with van der Waals surface area (Å²) in [4.78, 5) is 30.1. The number of carbonyl (C=O) groups is 1. The van der Waals surface area contributed by atoms with Crippen LogP contribution < -0.4 is 10.9 Å². The van der Waals surface area contributed by atoms with Gasteiger partial charge in [-0.2, -0.15) is 0 Å². The van der Waals surface area contributed by atoms with Gasteiger partial charge in [-0.25, -0.2) is 4.52 Å². The molecule has 2 N–H and O–H groups in total. The van der Waals surface area contributed by atoms with Gasteiger partial charge >= 0.3 is 0 Å². The van der Waals surface area contributed by atoms with E-state index in [0.29, 0.717) is 17.6 Å². The first-order chi connectivity index (χ1) is 13.1. The van der Waals surface area contributed by atoms with E-state index in [1.165, 1.54) is 17.4 Å². The van der Waals surface area contributed by atoms with Crippen molar-refractivity contribution < 1.29 is 4.79 Å². The van der Waals surface area contributed by atoms with Crippen LogP contribution in [0.4, 0.5) is 0 Å². The second kappa shape index (κ2) is 7.48. The molecule has 0 aliphatic carbocycles. The number of nitrogens with one attached hydrogen (secondary N) is 2. The maximum atomic E-state index is 12.5. The molecule has 1 aliphatic rings. The highest BCUT2D eigenvalue weighted by Crippen LogP contribution is 2.16. The molecule has 2 aromatic heterocycles. The van der Waals surface area contributed by atoms with Gasteiger partial charge in [0.05, 0.1) is 11.0 Å². The molecule has 0 atom stereocenters. The van der Waals surface area contributed by atoms with Gasteiger partial charge in [0.25, 0.3) is 11.5 Å². The first-order valence-corrected chi connectivity index (χ1v) is 9.50. The number of para-hydroxylation sites is 2. The maximum absolute atomic E-state index is 12.5. The molecule has 8 heteroatoms. The molecular weight excluding hydrogens is 344 g/mol. The van der Waals surface area contributed by atoms with Crippen LogP contribution in [0.1, 0.15) is 36.7 Å². The zero-order chi connectivity index (χ0) is 18.8. The number of carbonyl (C=O) groups excluding carboxylic acids is 1. The van der Waals surface area contributed by atoms with E-state index < -0.39 is 0 Å². The van der Waals surface area contributed by atoms with Crippen LogP contribution in [0.15, 0.2) is 29.1 Å². The Kier molecular flexibility index (Phi) is 4.89. The first kappa shape index (κ1) is 17.7. The van der Waals surface area contributed by atoms with Crippen LogP contribution in [0.5, 0.6) is 0 Å². The molecule has 1 amide bonds. The van der Waals surface area contributed by atoms with Gasteiger partial charge in [-0.1, -0.05) is 24.3 Å². The van der Waals surface area contributed by atoms with Crippen LogP contribution in [-0.2, 0) is 0 Å². The Bertz CT molecular complexity index is 1020. The number of fused-ring (bicyclic) bond motifs is 3. The minimum absolute atomic E-state index is 0.0637. The monoisotopic (exact) mass is 368 g/mol. The van der Waals surface area contributed by atoms with Gasteiger partial charge in [0.1, 0.15) is 0 Å². The minimum Gasteiger partial charge on any atom is -0.351 e. The smallest absolute Gasteiger partial charge is 0.277 e. The van der Waals surface area contributed by atoms with E-state index in [4.69, 9.17) is 0 Å². The van der Waals surface area contributed by atoms with E-state index in [1.54, 1.807) is 6.07 Å². The molecule has 0 unspecified atom stereocenters. The number of hydrogen-bond acceptors (Lipinski definition) is 5. The van der Waals surface area contributed by atoms with Gasteiger partial charge in [-0.05, 0) is 56.9 Å². The van der Waals surface area contributed by atoms with Crippen molar-refractivity contribution in [2.24, 2.45) is 5.92 Å². The highest BCUT2D eigenvalue weighted by atomic mass is 16.2. The SMILES string of the molecule is CC1CCN(CCCNC(=O)c2nnn3c2c(=O)[nH]c2ccccc23)CC1. The van der Waals surface area contributed by atoms with Crippen LogP contribution >= 0.6 is 0 Å². The standard InChI is InChI=1S/C19H24N6O2/c1-13-7-11-24(12-8-13)10-4-9-20-18(26)16-17-19(27)21-14-5-2-3-6-15(14)25(17)23-22-16/h2-3,5-6,13H,4,7-12H2,1H3,(H,20,26)(H,21,27). The molecule has 27 heavy (non-hydrogen) atoms. The number of benzene rings is 1. The highest BCUT2D eigenvalue weighted by Gasteiger charge is 2.19. The third kappa shape index (κ3) is 3.57. The number of amides is 1. The van der Waals surface area contributed by atoms with E-state index in [0.717, 1.165) is 32.0 Å². The molecule has 0 saturated carbocycles. The van der Waals surface area contributed by atoms with E-state index in [2.05, 4.69) is 32.4 Å². The maximum Gasteiger partial charge on any atom is 0.277 e. The third-order valence-corrected chi connectivity index (χ3v) is 5.29. The summed E-state index contributed by atoms with van der Waals surface area (Å²) in [5.74, 6) is 0.454. The van der Waals surface area contributed by atoms with Crippen molar-refractivity contribution >= 4 is 22.5 Å². The first-order valence-electron chi connectivity index (χ1n) is 9.50. The molecule has 0 spiro atoms. The largest absolute Gasteiger partial charge is 0.351 e. The summed E-state index contributed by atoms with van der Waals surface area (Å²) in [6.07, 6.45) is 3.36. The van der Waals surface area contributed by atoms with Crippen molar-refractivity contribution in [1.29, 1.82) is 0 Å². The fourth-order valence-electron chi connectivity index (χ4n) is 3.63. The van der Waals surface area contributed by atoms with E-state index in [-0.39, 0.29) is 22.7 Å². The zero-order valence-electron chi connectivity index (χ0n) is 15.4. The number of aromatic nitrogens is 4. The van der Waals surface area contributed by atoms with E-state index in [1.807, 2.05) is 18.2 Å². The summed E-state index contributed by atoms with van der Waals surface area (Å²) in [5, 5.41) is 10.8. The molecule has 1 aliphatic heterocycles. The Morgan fingerprint density at radius 1 is 1.30 bits per heavy atom. The number of nitrogens with zero attached hydrogens (tertiary/aromatic N) is 4. The summed E-state index contributed by atoms with van der Waals surface area (Å²) < 4.78 is 1.43. The molecule has 4 rings (SSSR count). The summed E-state index contributed by atoms with van der Waals surface area (Å²) in [6, 6.07) is 7.30. The van der Waals surface area contributed by atoms with Gasteiger partial charge in [-0.15, -0.1) is 5.10 Å². The number of aromatic amines is 1. The zero-order valence-corrected chi connectivity index (χ0v) is 15.4. The Labute approximate surface area is 156 Å². The number of likely N-dealkylation sites (tertiary alicyclic amines) is 1. The van der Waals surface area contributed by atoms with Gasteiger partial charge in [-0.3, -0.25) is 9.59 Å². The summed E-state index contributed by atoms with van der Waals surface area (Å²) in [7, 11) is 0. The Balaban J connectivity index is 1.42. The van der Waals surface area contributed by atoms with Crippen molar-refractivity contribution in [3.05, 3.63) is 40.3 Å². The van der Waals surface area contributed by atoms with Crippen LogP contribution in [0, 0.1) is 5.92 Å². The van der Waals surface area contributed by atoms with Gasteiger partial charge < -0.3 is 15.2 Å². The summed E-state index contributed by atoms with van der Waals surface area (Å²) in [5.41, 5.74) is 1.23. The lowest BCUT2D eigenvalue weighted by Gasteiger charge is -2.30. The van der Waals surface area contributed by atoms with Crippen LogP contribution in [0.2, 0.25) is 0 Å². The van der Waals surface area contributed by atoms with Crippen molar-refractivity contribution in [2.45, 2.75) is 26.2 Å². The Hall–Kier alpha value is -2.74. The minimum atomic E-state index is -0.369. The number of piperidine rings is 1. The summed E-state index contributed by atoms with van der Waals surface area (Å²) >= 11 is 0. The second-order valence-corrected chi connectivity index (χ2v) is 7.30. The molecule has 8 nitrogen and oxygen atoms in total. The van der Waals surface area contributed by atoms with Crippen LogP contribution in [-0.4, -0.2) is 56.8 Å². The number of hydrogen-bond donors (Lipinski definition) is 2. The fraction of sp³-hybridized carbons (Fsp3) is 0.474. The molecular formula is C19H24N6O2. The van der Waals surface area contributed by atoms with Crippen molar-refractivity contribution in [2.75, 3.05) is 26.2 Å². The normalized spacial score (nSPS) is 16.2. The van der Waals surface area contributed by atoms with Gasteiger partial charge in [0.2, 0.25) is 0 Å². The van der Waals surface area contributed by atoms with Crippen molar-refractivity contribution in [1.82, 2.24) is 30.0 Å².